The fourth-order valence-electron chi connectivity index (χ4n) is 1.54. The maximum absolute atomic E-state index is 5.38. The lowest BCUT2D eigenvalue weighted by Crippen LogP contribution is -2.20. The van der Waals surface area contributed by atoms with Gasteiger partial charge in [-0.2, -0.15) is 0 Å². The molecule has 1 unspecified atom stereocenters. The van der Waals surface area contributed by atoms with Crippen LogP contribution >= 0.6 is 0 Å². The summed E-state index contributed by atoms with van der Waals surface area (Å²) in [5.41, 5.74) is 0. The summed E-state index contributed by atoms with van der Waals surface area (Å²) in [6.45, 7) is 0.738. The summed E-state index contributed by atoms with van der Waals surface area (Å²) in [7, 11) is 3.71. The number of hydrogen-bond donors (Lipinski definition) is 1. The summed E-state index contributed by atoms with van der Waals surface area (Å²) in [5.74, 6) is 1.70. The lowest BCUT2D eigenvalue weighted by Gasteiger charge is -2.11. The number of nitrogens with zero attached hydrogens (tertiary/aromatic N) is 4. The van der Waals surface area contributed by atoms with Gasteiger partial charge in [0, 0.05) is 13.6 Å². The van der Waals surface area contributed by atoms with Gasteiger partial charge in [0.2, 0.25) is 0 Å². The van der Waals surface area contributed by atoms with Crippen molar-refractivity contribution in [2.24, 2.45) is 7.05 Å². The van der Waals surface area contributed by atoms with Crippen molar-refractivity contribution in [2.75, 3.05) is 13.6 Å². The van der Waals surface area contributed by atoms with E-state index in [4.69, 9.17) is 4.42 Å². The van der Waals surface area contributed by atoms with E-state index in [1.165, 1.54) is 0 Å². The Balaban J connectivity index is 2.32. The molecule has 0 aliphatic heterocycles. The van der Waals surface area contributed by atoms with Crippen LogP contribution in [0.1, 0.15) is 17.5 Å². The highest BCUT2D eigenvalue weighted by molar-refractivity contribution is 5.15. The molecule has 0 aliphatic rings. The van der Waals surface area contributed by atoms with Gasteiger partial charge in [-0.25, -0.2) is 4.68 Å². The van der Waals surface area contributed by atoms with Crippen LogP contribution in [0.15, 0.2) is 22.8 Å². The zero-order chi connectivity index (χ0) is 10.7. The normalized spacial score (nSPS) is 12.9. The van der Waals surface area contributed by atoms with Crippen LogP contribution in [-0.2, 0) is 7.05 Å². The molecule has 0 saturated heterocycles. The molecule has 0 fully saturated rings. The monoisotopic (exact) mass is 207 g/mol. The summed E-state index contributed by atoms with van der Waals surface area (Å²) < 4.78 is 7.04. The first-order valence-corrected chi connectivity index (χ1v) is 4.73. The molecule has 0 amide bonds. The molecule has 2 heterocycles. The van der Waals surface area contributed by atoms with Crippen molar-refractivity contribution in [1.82, 2.24) is 25.5 Å². The summed E-state index contributed by atoms with van der Waals surface area (Å²) in [5, 5.41) is 14.5. The van der Waals surface area contributed by atoms with Crippen molar-refractivity contribution in [1.29, 1.82) is 0 Å². The minimum Gasteiger partial charge on any atom is -0.469 e. The van der Waals surface area contributed by atoms with Crippen molar-refractivity contribution in [2.45, 2.75) is 5.92 Å². The van der Waals surface area contributed by atoms with Gasteiger partial charge >= 0.3 is 0 Å². The molecule has 0 radical (unpaired) electrons. The van der Waals surface area contributed by atoms with E-state index in [0.29, 0.717) is 0 Å². The van der Waals surface area contributed by atoms with Crippen molar-refractivity contribution in [3.8, 4) is 0 Å². The predicted octanol–water partition coefficient (Wildman–Crippen LogP) is 0.154. The predicted molar refractivity (Wildman–Crippen MR) is 53.3 cm³/mol. The third-order valence-electron chi connectivity index (χ3n) is 2.26. The van der Waals surface area contributed by atoms with Gasteiger partial charge in [0.1, 0.15) is 5.76 Å². The molecule has 15 heavy (non-hydrogen) atoms. The van der Waals surface area contributed by atoms with Crippen molar-refractivity contribution in [3.05, 3.63) is 30.0 Å². The first-order valence-electron chi connectivity index (χ1n) is 4.73. The maximum atomic E-state index is 5.38. The molecular formula is C9H13N5O. The van der Waals surface area contributed by atoms with Gasteiger partial charge in [-0.3, -0.25) is 0 Å². The van der Waals surface area contributed by atoms with Crippen LogP contribution in [0.5, 0.6) is 0 Å². The smallest absolute Gasteiger partial charge is 0.162 e. The van der Waals surface area contributed by atoms with E-state index >= 15 is 0 Å². The van der Waals surface area contributed by atoms with Crippen LogP contribution in [0.25, 0.3) is 0 Å². The maximum Gasteiger partial charge on any atom is 0.162 e. The molecule has 0 spiro atoms. The molecule has 2 aromatic heterocycles. The van der Waals surface area contributed by atoms with Crippen LogP contribution in [0, 0.1) is 0 Å². The van der Waals surface area contributed by atoms with Gasteiger partial charge in [-0.1, -0.05) is 0 Å². The highest BCUT2D eigenvalue weighted by Gasteiger charge is 2.21. The van der Waals surface area contributed by atoms with Crippen LogP contribution in [0.2, 0.25) is 0 Å². The van der Waals surface area contributed by atoms with Crippen LogP contribution in [0.4, 0.5) is 0 Å². The molecule has 2 aromatic rings. The van der Waals surface area contributed by atoms with Crippen molar-refractivity contribution < 1.29 is 4.42 Å². The van der Waals surface area contributed by atoms with E-state index in [1.807, 2.05) is 26.2 Å². The largest absolute Gasteiger partial charge is 0.469 e. The number of hydrogen-bond acceptors (Lipinski definition) is 5. The zero-order valence-electron chi connectivity index (χ0n) is 8.71. The molecule has 0 saturated carbocycles. The Morgan fingerprint density at radius 2 is 2.47 bits per heavy atom. The third kappa shape index (κ3) is 1.89. The van der Waals surface area contributed by atoms with Gasteiger partial charge < -0.3 is 9.73 Å². The molecule has 0 aromatic carbocycles. The van der Waals surface area contributed by atoms with Gasteiger partial charge in [0.25, 0.3) is 0 Å². The molecule has 1 atom stereocenters. The SMILES string of the molecule is CNCC(c1ccco1)c1nnnn1C. The van der Waals surface area contributed by atoms with E-state index in [9.17, 15) is 0 Å². The number of tetrazole rings is 1. The second-order valence-corrected chi connectivity index (χ2v) is 3.29. The topological polar surface area (TPSA) is 68.8 Å². The van der Waals surface area contributed by atoms with Crippen LogP contribution in [0.3, 0.4) is 0 Å². The molecule has 0 aliphatic carbocycles. The first kappa shape index (κ1) is 9.85. The Morgan fingerprint density at radius 3 is 3.00 bits per heavy atom. The van der Waals surface area contributed by atoms with Gasteiger partial charge in [-0.15, -0.1) is 5.10 Å². The summed E-state index contributed by atoms with van der Waals surface area (Å²) in [6, 6.07) is 3.79. The molecule has 6 nitrogen and oxygen atoms in total. The number of aryl methyl sites for hydroxylation is 1. The highest BCUT2D eigenvalue weighted by atomic mass is 16.3. The summed E-state index contributed by atoms with van der Waals surface area (Å²) >= 11 is 0. The van der Waals surface area contributed by atoms with Crippen LogP contribution < -0.4 is 5.32 Å². The zero-order valence-corrected chi connectivity index (χ0v) is 8.71. The molecule has 1 N–H and O–H groups in total. The van der Waals surface area contributed by atoms with E-state index in [2.05, 4.69) is 20.8 Å². The Hall–Kier alpha value is -1.69. The van der Waals surface area contributed by atoms with E-state index < -0.39 is 0 Å². The van der Waals surface area contributed by atoms with E-state index in [1.54, 1.807) is 10.9 Å². The number of nitrogens with one attached hydrogen (secondary N) is 1. The van der Waals surface area contributed by atoms with Crippen molar-refractivity contribution >= 4 is 0 Å². The number of likely N-dealkylation sites (N-methyl/N-ethyl adjacent to an activating group) is 1. The Labute approximate surface area is 87.3 Å². The summed E-state index contributed by atoms with van der Waals surface area (Å²) in [6.07, 6.45) is 1.65. The second-order valence-electron chi connectivity index (χ2n) is 3.29. The van der Waals surface area contributed by atoms with Crippen LogP contribution in [-0.4, -0.2) is 33.8 Å². The molecule has 6 heteroatoms. The quantitative estimate of drug-likeness (QED) is 0.773. The minimum absolute atomic E-state index is 0.0463. The average Bonchev–Trinajstić information content (AvgIpc) is 2.85. The Bertz CT molecular complexity index is 408. The summed E-state index contributed by atoms with van der Waals surface area (Å²) in [4.78, 5) is 0. The Morgan fingerprint density at radius 1 is 1.60 bits per heavy atom. The van der Waals surface area contributed by atoms with E-state index in [0.717, 1.165) is 18.1 Å². The first-order chi connectivity index (χ1) is 7.33. The lowest BCUT2D eigenvalue weighted by molar-refractivity contribution is 0.461. The number of furan rings is 1. The Kier molecular flexibility index (Phi) is 2.77. The second kappa shape index (κ2) is 4.22. The van der Waals surface area contributed by atoms with E-state index in [-0.39, 0.29) is 5.92 Å². The fourth-order valence-corrected chi connectivity index (χ4v) is 1.54. The number of aromatic nitrogens is 4. The highest BCUT2D eigenvalue weighted by Crippen LogP contribution is 2.21. The average molecular weight is 207 g/mol. The molecule has 80 valence electrons. The number of rotatable bonds is 4. The minimum atomic E-state index is 0.0463. The van der Waals surface area contributed by atoms with Gasteiger partial charge in [0.05, 0.1) is 12.2 Å². The van der Waals surface area contributed by atoms with Gasteiger partial charge in [0.15, 0.2) is 5.82 Å². The standard InChI is InChI=1S/C9H13N5O/c1-10-6-7(8-4-3-5-15-8)9-11-12-13-14(9)2/h3-5,7,10H,6H2,1-2H3. The lowest BCUT2D eigenvalue weighted by atomic mass is 10.1. The molecular weight excluding hydrogens is 194 g/mol. The fraction of sp³-hybridized carbons (Fsp3) is 0.444. The molecule has 2 rings (SSSR count). The third-order valence-corrected chi connectivity index (χ3v) is 2.26. The molecule has 0 bridgehead atoms. The van der Waals surface area contributed by atoms with Gasteiger partial charge in [-0.05, 0) is 29.6 Å². The van der Waals surface area contributed by atoms with Crippen molar-refractivity contribution in [3.63, 3.8) is 0 Å².